The zero-order chi connectivity index (χ0) is 12.7. The Morgan fingerprint density at radius 2 is 1.89 bits per heavy atom. The second-order valence-electron chi connectivity index (χ2n) is 4.02. The molecule has 1 atom stereocenters. The van der Waals surface area contributed by atoms with Gasteiger partial charge in [-0.2, -0.15) is 0 Å². The molecule has 0 radical (unpaired) electrons. The number of aromatic hydroxyl groups is 1. The number of phenols is 1. The molecule has 18 heavy (non-hydrogen) atoms. The van der Waals surface area contributed by atoms with E-state index in [1.165, 1.54) is 6.07 Å². The molecule has 0 aliphatic carbocycles. The average Bonchev–Trinajstić information content (AvgIpc) is 2.73. The van der Waals surface area contributed by atoms with Gasteiger partial charge in [-0.25, -0.2) is 4.98 Å². The summed E-state index contributed by atoms with van der Waals surface area (Å²) in [6.45, 7) is 0. The van der Waals surface area contributed by atoms with Gasteiger partial charge in [0.2, 0.25) is 5.89 Å². The minimum absolute atomic E-state index is 0.00510. The molecule has 1 aromatic heterocycles. The van der Waals surface area contributed by atoms with Crippen LogP contribution in [-0.4, -0.2) is 10.1 Å². The third-order valence-electron chi connectivity index (χ3n) is 2.69. The summed E-state index contributed by atoms with van der Waals surface area (Å²) in [6, 6.07) is 10.8. The number of nitrogens with two attached hydrogens (primary N) is 1. The first-order valence-corrected chi connectivity index (χ1v) is 5.96. The molecule has 3 aromatic rings. The van der Waals surface area contributed by atoms with Gasteiger partial charge in [-0.05, 0) is 23.5 Å². The maximum atomic E-state index is 9.52. The van der Waals surface area contributed by atoms with Crippen LogP contribution in [0.4, 0.5) is 5.69 Å². The van der Waals surface area contributed by atoms with E-state index in [0.717, 1.165) is 10.9 Å². The van der Waals surface area contributed by atoms with Crippen molar-refractivity contribution in [1.29, 1.82) is 0 Å². The first kappa shape index (κ1) is 11.1. The van der Waals surface area contributed by atoms with Gasteiger partial charge in [-0.1, -0.05) is 12.1 Å². The zero-order valence-corrected chi connectivity index (χ0v) is 10.6. The number of hydrogen-bond donors (Lipinski definition) is 2. The molecule has 90 valence electrons. The predicted molar refractivity (Wildman–Crippen MR) is 74.9 cm³/mol. The number of nitrogen functional groups attached to an aromatic ring is 1. The quantitative estimate of drug-likeness (QED) is 0.399. The predicted octanol–water partition coefficient (Wildman–Crippen LogP) is 2.28. The van der Waals surface area contributed by atoms with E-state index in [9.17, 15) is 5.11 Å². The summed E-state index contributed by atoms with van der Waals surface area (Å²) in [5, 5.41) is 10.6. The van der Waals surface area contributed by atoms with Crippen LogP contribution in [0, 0.1) is 0 Å². The highest BCUT2D eigenvalue weighted by Crippen LogP contribution is 2.30. The van der Waals surface area contributed by atoms with E-state index in [2.05, 4.69) is 14.2 Å². The highest BCUT2D eigenvalue weighted by atomic mass is 31.0. The molecule has 0 saturated carbocycles. The first-order chi connectivity index (χ1) is 8.63. The lowest BCUT2D eigenvalue weighted by Crippen LogP contribution is -1.87. The number of benzene rings is 2. The van der Waals surface area contributed by atoms with Gasteiger partial charge in [0, 0.05) is 11.6 Å². The molecule has 1 unspecified atom stereocenters. The molecule has 0 saturated heterocycles. The monoisotopic (exact) mass is 258 g/mol. The smallest absolute Gasteiger partial charge is 0.227 e. The van der Waals surface area contributed by atoms with Crippen LogP contribution in [-0.2, 0) is 0 Å². The van der Waals surface area contributed by atoms with E-state index in [1.54, 1.807) is 6.07 Å². The Hall–Kier alpha value is -2.06. The molecule has 3 N–H and O–H groups in total. The maximum Gasteiger partial charge on any atom is 0.227 e. The number of oxazole rings is 1. The number of fused-ring (bicyclic) bond motifs is 1. The summed E-state index contributed by atoms with van der Waals surface area (Å²) in [5.41, 5.74) is 7.95. The number of rotatable bonds is 1. The van der Waals surface area contributed by atoms with Crippen molar-refractivity contribution in [2.24, 2.45) is 0 Å². The van der Waals surface area contributed by atoms with E-state index in [-0.39, 0.29) is 5.75 Å². The topological polar surface area (TPSA) is 72.3 Å². The van der Waals surface area contributed by atoms with Gasteiger partial charge in [0.15, 0.2) is 5.58 Å². The molecule has 0 amide bonds. The van der Waals surface area contributed by atoms with E-state index >= 15 is 0 Å². The van der Waals surface area contributed by atoms with E-state index in [0.29, 0.717) is 22.7 Å². The van der Waals surface area contributed by atoms with Crippen molar-refractivity contribution in [3.63, 3.8) is 0 Å². The van der Waals surface area contributed by atoms with Crippen molar-refractivity contribution in [1.82, 2.24) is 4.98 Å². The maximum absolute atomic E-state index is 9.52. The highest BCUT2D eigenvalue weighted by molar-refractivity contribution is 7.27. The minimum atomic E-state index is 0.00510. The van der Waals surface area contributed by atoms with Crippen LogP contribution < -0.4 is 11.0 Å². The molecule has 3 rings (SSSR count). The van der Waals surface area contributed by atoms with Gasteiger partial charge < -0.3 is 15.3 Å². The largest absolute Gasteiger partial charge is 0.506 e. The summed E-state index contributed by atoms with van der Waals surface area (Å²) < 4.78 is 5.60. The molecular formula is C13H11N2O2P. The van der Waals surface area contributed by atoms with Crippen LogP contribution in [0.2, 0.25) is 0 Å². The zero-order valence-electron chi connectivity index (χ0n) is 9.42. The molecule has 5 heteroatoms. The van der Waals surface area contributed by atoms with Gasteiger partial charge in [0.1, 0.15) is 11.3 Å². The Balaban J connectivity index is 2.16. The third kappa shape index (κ3) is 1.81. The van der Waals surface area contributed by atoms with Crippen molar-refractivity contribution in [2.45, 2.75) is 0 Å². The van der Waals surface area contributed by atoms with E-state index in [1.807, 2.05) is 24.3 Å². The Morgan fingerprint density at radius 3 is 2.61 bits per heavy atom. The summed E-state index contributed by atoms with van der Waals surface area (Å²) in [4.78, 5) is 4.35. The molecule has 1 heterocycles. The minimum Gasteiger partial charge on any atom is -0.506 e. The van der Waals surface area contributed by atoms with Crippen molar-refractivity contribution < 1.29 is 9.52 Å². The average molecular weight is 258 g/mol. The Labute approximate surface area is 106 Å². The van der Waals surface area contributed by atoms with Gasteiger partial charge in [-0.15, -0.1) is 9.24 Å². The molecule has 0 spiro atoms. The highest BCUT2D eigenvalue weighted by Gasteiger charge is 2.10. The van der Waals surface area contributed by atoms with Crippen LogP contribution in [0.5, 0.6) is 5.75 Å². The van der Waals surface area contributed by atoms with E-state index < -0.39 is 0 Å². The number of nitrogens with zero attached hydrogens (tertiary/aromatic N) is 1. The normalized spacial score (nSPS) is 10.9. The molecule has 0 aliphatic rings. The van der Waals surface area contributed by atoms with Gasteiger partial charge in [-0.3, -0.25) is 0 Å². The van der Waals surface area contributed by atoms with Crippen molar-refractivity contribution >= 4 is 31.3 Å². The fourth-order valence-corrected chi connectivity index (χ4v) is 1.92. The van der Waals surface area contributed by atoms with Crippen LogP contribution in [0.15, 0.2) is 40.8 Å². The van der Waals surface area contributed by atoms with Crippen molar-refractivity contribution in [2.75, 3.05) is 5.73 Å². The van der Waals surface area contributed by atoms with Crippen LogP contribution in [0.25, 0.3) is 22.6 Å². The second kappa shape index (κ2) is 4.00. The summed E-state index contributed by atoms with van der Waals surface area (Å²) in [7, 11) is 2.62. The molecular weight excluding hydrogens is 247 g/mol. The standard InChI is InChI=1S/C13H11N2O2P/c14-9-5-10-12(6-11(9)16)17-13(15-10)7-1-3-8(18)4-2-7/h1-6,16H,14,18H2. The van der Waals surface area contributed by atoms with Gasteiger partial charge >= 0.3 is 0 Å². The van der Waals surface area contributed by atoms with Crippen LogP contribution in [0.1, 0.15) is 0 Å². The fraction of sp³-hybridized carbons (Fsp3) is 0. The van der Waals surface area contributed by atoms with Crippen molar-refractivity contribution in [3.8, 4) is 17.2 Å². The summed E-state index contributed by atoms with van der Waals surface area (Å²) in [6.07, 6.45) is 0. The first-order valence-electron chi connectivity index (χ1n) is 5.38. The molecule has 0 bridgehead atoms. The summed E-state index contributed by atoms with van der Waals surface area (Å²) in [5.74, 6) is 0.519. The third-order valence-corrected chi connectivity index (χ3v) is 3.08. The number of phenolic OH excluding ortho intramolecular Hbond substituents is 1. The SMILES string of the molecule is Nc1cc2nc(-c3ccc(P)cc3)oc2cc1O. The number of hydrogen-bond acceptors (Lipinski definition) is 4. The Kier molecular flexibility index (Phi) is 2.46. The molecule has 0 aliphatic heterocycles. The Morgan fingerprint density at radius 1 is 1.17 bits per heavy atom. The van der Waals surface area contributed by atoms with Gasteiger partial charge in [0.25, 0.3) is 0 Å². The van der Waals surface area contributed by atoms with Crippen LogP contribution in [0.3, 0.4) is 0 Å². The van der Waals surface area contributed by atoms with Gasteiger partial charge in [0.05, 0.1) is 5.69 Å². The number of anilines is 1. The van der Waals surface area contributed by atoms with Crippen molar-refractivity contribution in [3.05, 3.63) is 36.4 Å². The Bertz CT molecular complexity index is 681. The number of aromatic nitrogens is 1. The lowest BCUT2D eigenvalue weighted by molar-refractivity contribution is 0.477. The van der Waals surface area contributed by atoms with Crippen LogP contribution >= 0.6 is 9.24 Å². The molecule has 4 nitrogen and oxygen atoms in total. The fourth-order valence-electron chi connectivity index (χ4n) is 1.73. The second-order valence-corrected chi connectivity index (χ2v) is 4.69. The lowest BCUT2D eigenvalue weighted by atomic mass is 10.2. The molecule has 2 aromatic carbocycles. The summed E-state index contributed by atoms with van der Waals surface area (Å²) >= 11 is 0. The lowest BCUT2D eigenvalue weighted by Gasteiger charge is -1.95. The molecule has 0 fully saturated rings. The van der Waals surface area contributed by atoms with E-state index in [4.69, 9.17) is 10.2 Å².